The van der Waals surface area contributed by atoms with Crippen LogP contribution in [0.3, 0.4) is 0 Å². The number of anilines is 2. The molecule has 0 bridgehead atoms. The van der Waals surface area contributed by atoms with Crippen molar-refractivity contribution in [2.45, 2.75) is 6.04 Å². The van der Waals surface area contributed by atoms with E-state index in [-0.39, 0.29) is 17.4 Å². The molecule has 4 aromatic rings. The molecule has 3 N–H and O–H groups in total. The summed E-state index contributed by atoms with van der Waals surface area (Å²) in [5.41, 5.74) is 3.87. The second-order valence-corrected chi connectivity index (χ2v) is 9.72. The maximum absolute atomic E-state index is 11.7. The molecule has 10 heteroatoms. The number of nitrogens with one attached hydrogen (secondary N) is 2. The summed E-state index contributed by atoms with van der Waals surface area (Å²) in [4.78, 5) is 8.48. The lowest BCUT2D eigenvalue weighted by Crippen LogP contribution is -2.16. The number of aliphatic hydroxyl groups is 1. The van der Waals surface area contributed by atoms with Gasteiger partial charge in [-0.25, -0.2) is 13.4 Å². The van der Waals surface area contributed by atoms with Gasteiger partial charge >= 0.3 is 0 Å². The van der Waals surface area contributed by atoms with Gasteiger partial charge < -0.3 is 10.4 Å². The van der Waals surface area contributed by atoms with Crippen molar-refractivity contribution in [2.24, 2.45) is 0 Å². The number of pyridine rings is 2. The number of halogens is 1. The summed E-state index contributed by atoms with van der Waals surface area (Å²) >= 11 is 6.06. The predicted molar refractivity (Wildman–Crippen MR) is 133 cm³/mol. The molecule has 1 unspecified atom stereocenters. The first-order chi connectivity index (χ1) is 16.3. The Balaban J connectivity index is 1.82. The Labute approximate surface area is 201 Å². The van der Waals surface area contributed by atoms with Crippen LogP contribution < -0.4 is 10.0 Å². The predicted octanol–water partition coefficient (Wildman–Crippen LogP) is 4.34. The third kappa shape index (κ3) is 5.10. The first kappa shape index (κ1) is 23.4. The molecule has 1 atom stereocenters. The van der Waals surface area contributed by atoms with Crippen molar-refractivity contribution in [3.05, 3.63) is 83.3 Å². The highest BCUT2D eigenvalue weighted by molar-refractivity contribution is 7.92. The Morgan fingerprint density at radius 2 is 1.85 bits per heavy atom. The summed E-state index contributed by atoms with van der Waals surface area (Å²) in [6.45, 7) is -0.181. The molecule has 0 amide bonds. The Kier molecular flexibility index (Phi) is 6.65. The summed E-state index contributed by atoms with van der Waals surface area (Å²) in [5, 5.41) is 23.7. The molecule has 0 spiro atoms. The molecule has 0 fully saturated rings. The van der Waals surface area contributed by atoms with Crippen LogP contribution in [0.25, 0.3) is 22.0 Å². The first-order valence-corrected chi connectivity index (χ1v) is 12.4. The van der Waals surface area contributed by atoms with E-state index in [0.717, 1.165) is 11.8 Å². The smallest absolute Gasteiger partial charge is 0.229 e. The minimum absolute atomic E-state index is 0.0272. The van der Waals surface area contributed by atoms with Crippen molar-refractivity contribution in [1.29, 1.82) is 5.26 Å². The molecule has 2 aromatic carbocycles. The molecule has 0 radical (unpaired) electrons. The van der Waals surface area contributed by atoms with Gasteiger partial charge in [-0.1, -0.05) is 48.0 Å². The van der Waals surface area contributed by atoms with Crippen molar-refractivity contribution < 1.29 is 13.5 Å². The van der Waals surface area contributed by atoms with Crippen LogP contribution in [-0.2, 0) is 10.0 Å². The molecule has 0 aliphatic rings. The van der Waals surface area contributed by atoms with Crippen molar-refractivity contribution in [2.75, 3.05) is 22.9 Å². The lowest BCUT2D eigenvalue weighted by Gasteiger charge is -2.20. The van der Waals surface area contributed by atoms with Crippen molar-refractivity contribution in [3.63, 3.8) is 0 Å². The fourth-order valence-electron chi connectivity index (χ4n) is 3.58. The fourth-order valence-corrected chi connectivity index (χ4v) is 4.35. The number of aromatic nitrogens is 2. The molecular weight excluding hydrogens is 474 g/mol. The largest absolute Gasteiger partial charge is 0.394 e. The van der Waals surface area contributed by atoms with Gasteiger partial charge in [0, 0.05) is 23.3 Å². The maximum atomic E-state index is 11.7. The quantitative estimate of drug-likeness (QED) is 0.327. The van der Waals surface area contributed by atoms with Gasteiger partial charge in [0.05, 0.1) is 41.4 Å². The Hall–Kier alpha value is -3.71. The average Bonchev–Trinajstić information content (AvgIpc) is 2.83. The van der Waals surface area contributed by atoms with E-state index in [9.17, 15) is 18.8 Å². The zero-order chi connectivity index (χ0) is 24.3. The van der Waals surface area contributed by atoms with Crippen molar-refractivity contribution in [1.82, 2.24) is 9.97 Å². The lowest BCUT2D eigenvalue weighted by atomic mass is 10.0. The normalized spacial score (nSPS) is 12.2. The van der Waals surface area contributed by atoms with Crippen LogP contribution in [0.5, 0.6) is 0 Å². The standard InChI is InChI=1S/C24H20ClN5O3S/c1-34(32,33)30-21-10-17(12-28-24(21)25)16-7-8-20-19(9-16)23(18(11-26)13-27-20)29-22(14-31)15-5-3-2-4-6-15/h2-10,12-13,22,30-31H,14H2,1H3,(H,27,29). The minimum atomic E-state index is -3.55. The molecular formula is C24H20ClN5O3S. The van der Waals surface area contributed by atoms with Crippen LogP contribution in [0.15, 0.2) is 67.0 Å². The third-order valence-corrected chi connectivity index (χ3v) is 6.05. The number of benzene rings is 2. The lowest BCUT2D eigenvalue weighted by molar-refractivity contribution is 0.276. The SMILES string of the molecule is CS(=O)(=O)Nc1cc(-c2ccc3ncc(C#N)c(NC(CO)c4ccccc4)c3c2)cnc1Cl. The number of nitrogens with zero attached hydrogens (tertiary/aromatic N) is 3. The van der Waals surface area contributed by atoms with Crippen molar-refractivity contribution >= 4 is 43.9 Å². The summed E-state index contributed by atoms with van der Waals surface area (Å²) < 4.78 is 25.7. The van der Waals surface area contributed by atoms with Crippen molar-refractivity contribution in [3.8, 4) is 17.2 Å². The van der Waals surface area contributed by atoms with E-state index in [0.29, 0.717) is 33.3 Å². The number of fused-ring (bicyclic) bond motifs is 1. The summed E-state index contributed by atoms with van der Waals surface area (Å²) in [5.74, 6) is 0. The monoisotopic (exact) mass is 493 g/mol. The number of hydrogen-bond acceptors (Lipinski definition) is 7. The Bertz CT molecular complexity index is 1500. The van der Waals surface area contributed by atoms with E-state index in [1.165, 1.54) is 12.4 Å². The molecule has 0 saturated heterocycles. The van der Waals surface area contributed by atoms with Crippen LogP contribution in [0, 0.1) is 11.3 Å². The molecule has 2 aromatic heterocycles. The number of hydrogen-bond donors (Lipinski definition) is 3. The molecule has 172 valence electrons. The van der Waals surface area contributed by atoms with E-state index in [2.05, 4.69) is 26.1 Å². The minimum Gasteiger partial charge on any atom is -0.394 e. The van der Waals surface area contributed by atoms with Gasteiger partial charge in [-0.2, -0.15) is 5.26 Å². The average molecular weight is 494 g/mol. The number of nitriles is 1. The van der Waals surface area contributed by atoms with E-state index in [4.69, 9.17) is 11.6 Å². The molecule has 34 heavy (non-hydrogen) atoms. The van der Waals surface area contributed by atoms with Gasteiger partial charge in [-0.3, -0.25) is 9.71 Å². The number of aliphatic hydroxyl groups excluding tert-OH is 1. The highest BCUT2D eigenvalue weighted by Gasteiger charge is 2.17. The van der Waals surface area contributed by atoms with E-state index < -0.39 is 16.1 Å². The number of rotatable bonds is 7. The second kappa shape index (κ2) is 9.65. The van der Waals surface area contributed by atoms with Crippen LogP contribution in [0.1, 0.15) is 17.2 Å². The first-order valence-electron chi connectivity index (χ1n) is 10.2. The third-order valence-electron chi connectivity index (χ3n) is 5.16. The highest BCUT2D eigenvalue weighted by Crippen LogP contribution is 2.34. The zero-order valence-corrected chi connectivity index (χ0v) is 19.6. The van der Waals surface area contributed by atoms with Crippen LogP contribution >= 0.6 is 11.6 Å². The van der Waals surface area contributed by atoms with Crippen LogP contribution in [0.2, 0.25) is 5.15 Å². The molecule has 8 nitrogen and oxygen atoms in total. The van der Waals surface area contributed by atoms with E-state index in [1.807, 2.05) is 42.5 Å². The maximum Gasteiger partial charge on any atom is 0.229 e. The molecule has 0 aliphatic carbocycles. The molecule has 4 rings (SSSR count). The Morgan fingerprint density at radius 3 is 2.53 bits per heavy atom. The van der Waals surface area contributed by atoms with Crippen LogP contribution in [-0.4, -0.2) is 36.4 Å². The summed E-state index contributed by atoms with van der Waals surface area (Å²) in [6.07, 6.45) is 4.05. The summed E-state index contributed by atoms with van der Waals surface area (Å²) in [6, 6.07) is 18.2. The molecule has 0 saturated carbocycles. The topological polar surface area (TPSA) is 128 Å². The molecule has 2 heterocycles. The Morgan fingerprint density at radius 1 is 1.09 bits per heavy atom. The highest BCUT2D eigenvalue weighted by atomic mass is 35.5. The molecule has 0 aliphatic heterocycles. The van der Waals surface area contributed by atoms with Gasteiger partial charge in [0.25, 0.3) is 0 Å². The zero-order valence-electron chi connectivity index (χ0n) is 18.0. The van der Waals surface area contributed by atoms with E-state index in [1.54, 1.807) is 12.1 Å². The fraction of sp³-hybridized carbons (Fsp3) is 0.125. The van der Waals surface area contributed by atoms with Crippen LogP contribution in [0.4, 0.5) is 11.4 Å². The summed E-state index contributed by atoms with van der Waals surface area (Å²) in [7, 11) is -3.55. The van der Waals surface area contributed by atoms with Gasteiger partial charge in [0.15, 0.2) is 5.15 Å². The van der Waals surface area contributed by atoms with Gasteiger partial charge in [-0.05, 0) is 29.3 Å². The van der Waals surface area contributed by atoms with E-state index >= 15 is 0 Å². The second-order valence-electron chi connectivity index (χ2n) is 7.62. The van der Waals surface area contributed by atoms with Gasteiger partial charge in [0.1, 0.15) is 6.07 Å². The number of sulfonamides is 1. The van der Waals surface area contributed by atoms with Gasteiger partial charge in [-0.15, -0.1) is 0 Å². The van der Waals surface area contributed by atoms with Gasteiger partial charge in [0.2, 0.25) is 10.0 Å².